The van der Waals surface area contributed by atoms with Crippen molar-refractivity contribution in [2.75, 3.05) is 13.2 Å². The molecule has 5 nitrogen and oxygen atoms in total. The molecule has 1 fully saturated rings. The molecule has 0 N–H and O–H groups in total. The molecule has 1 aliphatic rings. The standard InChI is InChI=1S/C13H12ClFN2O3/c14-10-5-9(1-2-11(10)15)19-7-12-16-13(17-20-12)8-3-4-18-6-8/h1-2,5,8H,3-4,6-7H2/t8-/m0/s1. The average molecular weight is 299 g/mol. The number of nitrogens with zero attached hydrogens (tertiary/aromatic N) is 2. The van der Waals surface area contributed by atoms with Crippen molar-refractivity contribution in [3.63, 3.8) is 0 Å². The highest BCUT2D eigenvalue weighted by atomic mass is 35.5. The third-order valence-corrected chi connectivity index (χ3v) is 3.32. The molecule has 1 aliphatic heterocycles. The molecule has 1 aromatic carbocycles. The average Bonchev–Trinajstić information content (AvgIpc) is 3.09. The normalized spacial score (nSPS) is 18.4. The fourth-order valence-electron chi connectivity index (χ4n) is 1.94. The van der Waals surface area contributed by atoms with Crippen molar-refractivity contribution in [3.05, 3.63) is 40.8 Å². The molecule has 0 radical (unpaired) electrons. The van der Waals surface area contributed by atoms with Crippen LogP contribution in [0.1, 0.15) is 24.1 Å². The molecule has 1 aromatic heterocycles. The molecule has 1 atom stereocenters. The van der Waals surface area contributed by atoms with Crippen molar-refractivity contribution in [1.82, 2.24) is 10.1 Å². The van der Waals surface area contributed by atoms with Gasteiger partial charge in [-0.05, 0) is 18.6 Å². The van der Waals surface area contributed by atoms with E-state index < -0.39 is 5.82 Å². The van der Waals surface area contributed by atoms with Crippen molar-refractivity contribution in [1.29, 1.82) is 0 Å². The van der Waals surface area contributed by atoms with Crippen LogP contribution in [0, 0.1) is 5.82 Å². The van der Waals surface area contributed by atoms with Gasteiger partial charge in [-0.15, -0.1) is 0 Å². The molecular formula is C13H12ClFN2O3. The van der Waals surface area contributed by atoms with Crippen LogP contribution in [0.5, 0.6) is 5.75 Å². The van der Waals surface area contributed by atoms with Crippen LogP contribution in [0.25, 0.3) is 0 Å². The van der Waals surface area contributed by atoms with Gasteiger partial charge in [-0.1, -0.05) is 16.8 Å². The van der Waals surface area contributed by atoms with E-state index in [9.17, 15) is 4.39 Å². The van der Waals surface area contributed by atoms with Crippen LogP contribution in [-0.2, 0) is 11.3 Å². The first kappa shape index (κ1) is 13.3. The SMILES string of the molecule is Fc1ccc(OCc2nc([C@H]3CCOC3)no2)cc1Cl. The fraction of sp³-hybridized carbons (Fsp3) is 0.385. The zero-order valence-corrected chi connectivity index (χ0v) is 11.3. The summed E-state index contributed by atoms with van der Waals surface area (Å²) in [5.74, 6) is 1.15. The van der Waals surface area contributed by atoms with Crippen molar-refractivity contribution < 1.29 is 18.4 Å². The Labute approximate surface area is 119 Å². The van der Waals surface area contributed by atoms with Crippen LogP contribution < -0.4 is 4.74 Å². The highest BCUT2D eigenvalue weighted by molar-refractivity contribution is 6.30. The van der Waals surface area contributed by atoms with Gasteiger partial charge in [-0.3, -0.25) is 0 Å². The van der Waals surface area contributed by atoms with E-state index >= 15 is 0 Å². The Hall–Kier alpha value is -1.66. The molecule has 20 heavy (non-hydrogen) atoms. The van der Waals surface area contributed by atoms with E-state index in [1.165, 1.54) is 18.2 Å². The smallest absolute Gasteiger partial charge is 0.264 e. The zero-order valence-electron chi connectivity index (χ0n) is 10.5. The van der Waals surface area contributed by atoms with Gasteiger partial charge in [0.05, 0.1) is 11.6 Å². The minimum Gasteiger partial charge on any atom is -0.484 e. The van der Waals surface area contributed by atoms with Gasteiger partial charge in [0.2, 0.25) is 0 Å². The molecule has 0 saturated carbocycles. The number of ether oxygens (including phenoxy) is 2. The Balaban J connectivity index is 1.61. The lowest BCUT2D eigenvalue weighted by Gasteiger charge is -2.03. The molecule has 0 bridgehead atoms. The molecule has 0 amide bonds. The molecule has 3 rings (SSSR count). The quantitative estimate of drug-likeness (QED) is 0.868. The molecule has 0 unspecified atom stereocenters. The number of hydrogen-bond acceptors (Lipinski definition) is 5. The van der Waals surface area contributed by atoms with E-state index in [2.05, 4.69) is 10.1 Å². The molecule has 2 aromatic rings. The number of rotatable bonds is 4. The van der Waals surface area contributed by atoms with Crippen molar-refractivity contribution in [2.24, 2.45) is 0 Å². The summed E-state index contributed by atoms with van der Waals surface area (Å²) in [6.45, 7) is 1.45. The highest BCUT2D eigenvalue weighted by Crippen LogP contribution is 2.24. The lowest BCUT2D eigenvalue weighted by molar-refractivity contribution is 0.192. The molecule has 2 heterocycles. The van der Waals surface area contributed by atoms with E-state index in [-0.39, 0.29) is 17.5 Å². The Morgan fingerprint density at radius 2 is 2.35 bits per heavy atom. The van der Waals surface area contributed by atoms with Crippen LogP contribution in [0.3, 0.4) is 0 Å². The van der Waals surface area contributed by atoms with Crippen LogP contribution in [0.15, 0.2) is 22.7 Å². The maximum absolute atomic E-state index is 13.0. The van der Waals surface area contributed by atoms with Crippen LogP contribution in [-0.4, -0.2) is 23.4 Å². The zero-order chi connectivity index (χ0) is 13.9. The first-order valence-electron chi connectivity index (χ1n) is 6.20. The molecule has 1 saturated heterocycles. The molecule has 7 heteroatoms. The summed E-state index contributed by atoms with van der Waals surface area (Å²) in [5, 5.41) is 3.92. The van der Waals surface area contributed by atoms with Gasteiger partial charge in [0.1, 0.15) is 11.6 Å². The lowest BCUT2D eigenvalue weighted by atomic mass is 10.1. The van der Waals surface area contributed by atoms with Crippen molar-refractivity contribution in [3.8, 4) is 5.75 Å². The first-order chi connectivity index (χ1) is 9.72. The van der Waals surface area contributed by atoms with Crippen LogP contribution in [0.4, 0.5) is 4.39 Å². The Morgan fingerprint density at radius 3 is 3.10 bits per heavy atom. The lowest BCUT2D eigenvalue weighted by Crippen LogP contribution is -2.01. The maximum atomic E-state index is 13.0. The third kappa shape index (κ3) is 2.91. The largest absolute Gasteiger partial charge is 0.484 e. The van der Waals surface area contributed by atoms with Crippen LogP contribution in [0.2, 0.25) is 5.02 Å². The second-order valence-electron chi connectivity index (χ2n) is 4.47. The minimum atomic E-state index is -0.486. The molecule has 0 spiro atoms. The number of benzene rings is 1. The second-order valence-corrected chi connectivity index (χ2v) is 4.88. The van der Waals surface area contributed by atoms with E-state index in [0.717, 1.165) is 13.0 Å². The van der Waals surface area contributed by atoms with Gasteiger partial charge in [0.15, 0.2) is 12.4 Å². The van der Waals surface area contributed by atoms with Gasteiger partial charge in [0.25, 0.3) is 5.89 Å². The number of halogens is 2. The summed E-state index contributed by atoms with van der Waals surface area (Å²) in [4.78, 5) is 4.26. The summed E-state index contributed by atoms with van der Waals surface area (Å²) >= 11 is 5.67. The summed E-state index contributed by atoms with van der Waals surface area (Å²) in [5.41, 5.74) is 0. The second kappa shape index (κ2) is 5.76. The Kier molecular flexibility index (Phi) is 3.84. The van der Waals surface area contributed by atoms with E-state index in [4.69, 9.17) is 25.6 Å². The van der Waals surface area contributed by atoms with Gasteiger partial charge in [0, 0.05) is 18.6 Å². The molecule has 0 aliphatic carbocycles. The van der Waals surface area contributed by atoms with Gasteiger partial charge >= 0.3 is 0 Å². The summed E-state index contributed by atoms with van der Waals surface area (Å²) in [6, 6.07) is 4.13. The molecule has 106 valence electrons. The monoisotopic (exact) mass is 298 g/mol. The first-order valence-corrected chi connectivity index (χ1v) is 6.58. The summed E-state index contributed by atoms with van der Waals surface area (Å²) in [7, 11) is 0. The van der Waals surface area contributed by atoms with Gasteiger partial charge in [-0.25, -0.2) is 4.39 Å². The van der Waals surface area contributed by atoms with Gasteiger partial charge < -0.3 is 14.0 Å². The Morgan fingerprint density at radius 1 is 1.45 bits per heavy atom. The topological polar surface area (TPSA) is 57.4 Å². The Bertz CT molecular complexity index is 599. The van der Waals surface area contributed by atoms with Crippen molar-refractivity contribution >= 4 is 11.6 Å². The van der Waals surface area contributed by atoms with E-state index in [1.54, 1.807) is 0 Å². The van der Waals surface area contributed by atoms with Crippen LogP contribution >= 0.6 is 11.6 Å². The minimum absolute atomic E-state index is 0.0109. The van der Waals surface area contributed by atoms with Crippen molar-refractivity contribution in [2.45, 2.75) is 18.9 Å². The maximum Gasteiger partial charge on any atom is 0.264 e. The van der Waals surface area contributed by atoms with E-state index in [0.29, 0.717) is 24.1 Å². The number of hydrogen-bond donors (Lipinski definition) is 0. The predicted molar refractivity (Wildman–Crippen MR) is 68.2 cm³/mol. The third-order valence-electron chi connectivity index (χ3n) is 3.03. The highest BCUT2D eigenvalue weighted by Gasteiger charge is 2.23. The predicted octanol–water partition coefficient (Wildman–Crippen LogP) is 2.95. The summed E-state index contributed by atoms with van der Waals surface area (Å²) in [6.07, 6.45) is 0.896. The van der Waals surface area contributed by atoms with E-state index in [1.807, 2.05) is 0 Å². The molecular weight excluding hydrogens is 287 g/mol. The summed E-state index contributed by atoms with van der Waals surface area (Å²) < 4.78 is 28.8. The van der Waals surface area contributed by atoms with Gasteiger partial charge in [-0.2, -0.15) is 4.98 Å². The number of aromatic nitrogens is 2. The fourth-order valence-corrected chi connectivity index (χ4v) is 2.11.